The molecule has 0 radical (unpaired) electrons. The maximum Gasteiger partial charge on any atom is 1.00 e. The number of hydrogen-bond donors (Lipinski definition) is 0. The van der Waals surface area contributed by atoms with Gasteiger partial charge in [0.2, 0.25) is 0 Å². The number of hydrogen-bond acceptors (Lipinski definition) is 2. The SMILES string of the molecule is CC1CCC(c2ccc(C(F)F)cc2)N(C(=O)C([NH-])=O)C1.[Na+]. The summed E-state index contributed by atoms with van der Waals surface area (Å²) in [7, 11) is 0. The van der Waals surface area contributed by atoms with Crippen molar-refractivity contribution in [1.29, 1.82) is 0 Å². The van der Waals surface area contributed by atoms with E-state index in [0.29, 0.717) is 13.0 Å². The molecular formula is C15H17F2N2NaO2. The zero-order chi connectivity index (χ0) is 15.6. The molecule has 0 aliphatic carbocycles. The van der Waals surface area contributed by atoms with E-state index in [1.165, 1.54) is 17.0 Å². The normalized spacial score (nSPS) is 21.4. The van der Waals surface area contributed by atoms with Crippen LogP contribution in [-0.2, 0) is 9.59 Å². The van der Waals surface area contributed by atoms with E-state index in [-0.39, 0.29) is 47.1 Å². The Balaban J connectivity index is 0.00000242. The fourth-order valence-corrected chi connectivity index (χ4v) is 2.72. The van der Waals surface area contributed by atoms with Crippen LogP contribution in [0.25, 0.3) is 5.73 Å². The molecule has 0 saturated carbocycles. The van der Waals surface area contributed by atoms with Gasteiger partial charge in [-0.15, -0.1) is 0 Å². The number of piperidine rings is 1. The van der Waals surface area contributed by atoms with Crippen LogP contribution < -0.4 is 29.6 Å². The Kier molecular flexibility index (Phi) is 6.97. The Morgan fingerprint density at radius 2 is 1.82 bits per heavy atom. The molecule has 2 atom stereocenters. The van der Waals surface area contributed by atoms with Crippen molar-refractivity contribution in [3.63, 3.8) is 0 Å². The minimum absolute atomic E-state index is 0. The van der Waals surface area contributed by atoms with Gasteiger partial charge in [-0.1, -0.05) is 31.2 Å². The fraction of sp³-hybridized carbons (Fsp3) is 0.467. The van der Waals surface area contributed by atoms with Gasteiger partial charge in [0.1, 0.15) is 5.91 Å². The summed E-state index contributed by atoms with van der Waals surface area (Å²) in [5.41, 5.74) is 7.65. The maximum absolute atomic E-state index is 12.6. The van der Waals surface area contributed by atoms with Crippen LogP contribution in [0.4, 0.5) is 8.78 Å². The predicted octanol–water partition coefficient (Wildman–Crippen LogP) is 0.507. The first-order valence-corrected chi connectivity index (χ1v) is 6.84. The minimum atomic E-state index is -2.53. The number of amides is 2. The minimum Gasteiger partial charge on any atom is -0.659 e. The number of benzene rings is 1. The number of alkyl halides is 2. The summed E-state index contributed by atoms with van der Waals surface area (Å²) in [6.45, 7) is 2.38. The van der Waals surface area contributed by atoms with Crippen LogP contribution in [0, 0.1) is 5.92 Å². The van der Waals surface area contributed by atoms with Crippen molar-refractivity contribution in [2.45, 2.75) is 32.2 Å². The third-order valence-electron chi connectivity index (χ3n) is 3.85. The van der Waals surface area contributed by atoms with Gasteiger partial charge in [-0.05, 0) is 24.3 Å². The molecular weight excluding hydrogens is 301 g/mol. The molecule has 0 bridgehead atoms. The summed E-state index contributed by atoms with van der Waals surface area (Å²) in [4.78, 5) is 24.3. The average Bonchev–Trinajstić information content (AvgIpc) is 2.46. The zero-order valence-electron chi connectivity index (χ0n) is 12.7. The monoisotopic (exact) mass is 318 g/mol. The molecule has 0 aromatic heterocycles. The Bertz CT molecular complexity index is 537. The zero-order valence-corrected chi connectivity index (χ0v) is 14.7. The van der Waals surface area contributed by atoms with E-state index in [0.717, 1.165) is 12.0 Å². The third-order valence-corrected chi connectivity index (χ3v) is 3.85. The summed E-state index contributed by atoms with van der Waals surface area (Å²) >= 11 is 0. The van der Waals surface area contributed by atoms with Crippen molar-refractivity contribution in [3.05, 3.63) is 41.1 Å². The van der Waals surface area contributed by atoms with Crippen molar-refractivity contribution >= 4 is 11.8 Å². The number of rotatable bonds is 2. The third kappa shape index (κ3) is 4.27. The Hall–Kier alpha value is -0.980. The van der Waals surface area contributed by atoms with Crippen LogP contribution in [0.3, 0.4) is 0 Å². The number of carbonyl (C=O) groups excluding carboxylic acids is 2. The Labute approximate surface area is 150 Å². The molecule has 4 nitrogen and oxygen atoms in total. The van der Waals surface area contributed by atoms with Crippen LogP contribution in [0.15, 0.2) is 24.3 Å². The molecule has 2 amide bonds. The number of nitrogens with zero attached hydrogens (tertiary/aromatic N) is 1. The summed E-state index contributed by atoms with van der Waals surface area (Å²) in [6, 6.07) is 5.48. The van der Waals surface area contributed by atoms with Gasteiger partial charge in [-0.2, -0.15) is 0 Å². The van der Waals surface area contributed by atoms with Crippen LogP contribution in [0.1, 0.15) is 43.4 Å². The van der Waals surface area contributed by atoms with E-state index in [1.54, 1.807) is 12.1 Å². The van der Waals surface area contributed by atoms with Gasteiger partial charge in [0.05, 0.1) is 6.04 Å². The fourth-order valence-electron chi connectivity index (χ4n) is 2.72. The smallest absolute Gasteiger partial charge is 0.659 e. The van der Waals surface area contributed by atoms with Gasteiger partial charge >= 0.3 is 29.6 Å². The van der Waals surface area contributed by atoms with E-state index in [2.05, 4.69) is 0 Å². The molecule has 1 aliphatic rings. The van der Waals surface area contributed by atoms with Gasteiger partial charge < -0.3 is 15.4 Å². The molecule has 1 heterocycles. The molecule has 114 valence electrons. The standard InChI is InChI=1S/C15H18F2N2O2.Na/c1-9-2-7-12(19(8-9)15(21)14(18)20)10-3-5-11(6-4-10)13(16)17;/h3-6,9,12-13H,2,7-8H2,1H3,(H2,18,20);/q;+1/p-1. The van der Waals surface area contributed by atoms with Gasteiger partial charge in [-0.3, -0.25) is 4.79 Å². The summed E-state index contributed by atoms with van der Waals surface area (Å²) in [5.74, 6) is -1.81. The molecule has 1 saturated heterocycles. The Morgan fingerprint density at radius 1 is 1.23 bits per heavy atom. The molecule has 1 aromatic rings. The summed E-state index contributed by atoms with van der Waals surface area (Å²) in [5, 5.41) is 0. The molecule has 0 spiro atoms. The molecule has 1 fully saturated rings. The molecule has 7 heteroatoms. The second kappa shape index (κ2) is 8.04. The van der Waals surface area contributed by atoms with Crippen LogP contribution in [0.5, 0.6) is 0 Å². The van der Waals surface area contributed by atoms with Gasteiger partial charge in [0, 0.05) is 12.1 Å². The molecule has 22 heavy (non-hydrogen) atoms. The van der Waals surface area contributed by atoms with Gasteiger partial charge in [0.25, 0.3) is 12.3 Å². The number of likely N-dealkylation sites (tertiary alicyclic amines) is 1. The van der Waals surface area contributed by atoms with Crippen molar-refractivity contribution in [2.24, 2.45) is 5.92 Å². The molecule has 1 aromatic carbocycles. The average molecular weight is 318 g/mol. The quantitative estimate of drug-likeness (QED) is 0.589. The van der Waals surface area contributed by atoms with Gasteiger partial charge in [0.15, 0.2) is 0 Å². The van der Waals surface area contributed by atoms with Crippen molar-refractivity contribution in [1.82, 2.24) is 4.90 Å². The van der Waals surface area contributed by atoms with Crippen molar-refractivity contribution in [3.8, 4) is 0 Å². The van der Waals surface area contributed by atoms with E-state index in [1.807, 2.05) is 6.92 Å². The second-order valence-electron chi connectivity index (χ2n) is 5.45. The second-order valence-corrected chi connectivity index (χ2v) is 5.45. The van der Waals surface area contributed by atoms with E-state index in [9.17, 15) is 18.4 Å². The number of halogens is 2. The van der Waals surface area contributed by atoms with Gasteiger partial charge in [-0.25, -0.2) is 8.78 Å². The van der Waals surface area contributed by atoms with Crippen LogP contribution >= 0.6 is 0 Å². The van der Waals surface area contributed by atoms with Crippen molar-refractivity contribution in [2.75, 3.05) is 6.54 Å². The summed E-state index contributed by atoms with van der Waals surface area (Å²) < 4.78 is 25.1. The first-order chi connectivity index (χ1) is 9.90. The summed E-state index contributed by atoms with van der Waals surface area (Å²) in [6.07, 6.45) is -0.983. The Morgan fingerprint density at radius 3 is 2.32 bits per heavy atom. The largest absolute Gasteiger partial charge is 1.00 e. The molecule has 1 aliphatic heterocycles. The van der Waals surface area contributed by atoms with E-state index < -0.39 is 18.2 Å². The molecule has 2 rings (SSSR count). The predicted molar refractivity (Wildman–Crippen MR) is 73.6 cm³/mol. The number of nitrogens with one attached hydrogen (secondary N) is 1. The van der Waals surface area contributed by atoms with Crippen LogP contribution in [0.2, 0.25) is 0 Å². The topological polar surface area (TPSA) is 61.2 Å². The molecule has 1 N–H and O–H groups in total. The number of carbonyl (C=O) groups is 2. The van der Waals surface area contributed by atoms with Crippen molar-refractivity contribution < 1.29 is 47.9 Å². The molecule has 2 unspecified atom stereocenters. The first kappa shape index (κ1) is 19.1. The maximum atomic E-state index is 12.6. The van der Waals surface area contributed by atoms with Crippen LogP contribution in [-0.4, -0.2) is 23.3 Å². The first-order valence-electron chi connectivity index (χ1n) is 6.84. The van der Waals surface area contributed by atoms with E-state index in [4.69, 9.17) is 5.73 Å². The van der Waals surface area contributed by atoms with E-state index >= 15 is 0 Å².